The molecule has 0 aromatic heterocycles. The van der Waals surface area contributed by atoms with Gasteiger partial charge in [0.15, 0.2) is 11.5 Å². The fourth-order valence-electron chi connectivity index (χ4n) is 3.39. The molecule has 0 saturated heterocycles. The van der Waals surface area contributed by atoms with E-state index in [1.165, 1.54) is 21.3 Å². The predicted molar refractivity (Wildman–Crippen MR) is 115 cm³/mol. The third-order valence-electron chi connectivity index (χ3n) is 4.88. The van der Waals surface area contributed by atoms with Crippen molar-refractivity contribution in [3.05, 3.63) is 53.2 Å². The van der Waals surface area contributed by atoms with E-state index in [-0.39, 0.29) is 5.91 Å². The second kappa shape index (κ2) is 9.29. The number of nitrogens with one attached hydrogen (secondary N) is 3. The Balaban J connectivity index is 2.00. The molecule has 2 aromatic rings. The zero-order chi connectivity index (χ0) is 22.5. The molecule has 1 heterocycles. The van der Waals surface area contributed by atoms with Crippen LogP contribution < -0.4 is 34.9 Å². The first-order valence-corrected chi connectivity index (χ1v) is 9.45. The first-order chi connectivity index (χ1) is 14.9. The lowest BCUT2D eigenvalue weighted by Gasteiger charge is -2.29. The molecule has 0 aliphatic carbocycles. The maximum Gasteiger partial charge on any atom is 0.319 e. The Morgan fingerprint density at radius 2 is 1.55 bits per heavy atom. The molecule has 3 amide bonds. The minimum absolute atomic E-state index is 0.352. The number of hydrogen-bond donors (Lipinski definition) is 3. The highest BCUT2D eigenvalue weighted by Crippen LogP contribution is 2.41. The molecule has 2 aromatic carbocycles. The van der Waals surface area contributed by atoms with Gasteiger partial charge in [0.05, 0.1) is 40.1 Å². The minimum Gasteiger partial charge on any atom is -0.497 e. The molecule has 0 radical (unpaired) electrons. The Kier molecular flexibility index (Phi) is 6.54. The van der Waals surface area contributed by atoms with Crippen LogP contribution in [0.3, 0.4) is 0 Å². The quantitative estimate of drug-likeness (QED) is 0.627. The van der Waals surface area contributed by atoms with Crippen LogP contribution in [0.1, 0.15) is 18.5 Å². The number of methoxy groups -OCH3 is 4. The van der Waals surface area contributed by atoms with Gasteiger partial charge in [0.25, 0.3) is 5.91 Å². The Morgan fingerprint density at radius 1 is 0.935 bits per heavy atom. The molecule has 3 rings (SSSR count). The number of anilines is 1. The lowest BCUT2D eigenvalue weighted by molar-refractivity contribution is -0.113. The molecular weight excluding hydrogens is 402 g/mol. The van der Waals surface area contributed by atoms with Gasteiger partial charge in [-0.25, -0.2) is 4.79 Å². The first kappa shape index (κ1) is 21.8. The van der Waals surface area contributed by atoms with E-state index < -0.39 is 12.1 Å². The van der Waals surface area contributed by atoms with Gasteiger partial charge >= 0.3 is 6.03 Å². The van der Waals surface area contributed by atoms with Gasteiger partial charge < -0.3 is 34.9 Å². The molecule has 31 heavy (non-hydrogen) atoms. The lowest BCUT2D eigenvalue weighted by Crippen LogP contribution is -2.46. The van der Waals surface area contributed by atoms with Crippen molar-refractivity contribution in [1.29, 1.82) is 0 Å². The van der Waals surface area contributed by atoms with Gasteiger partial charge in [0.1, 0.15) is 5.75 Å². The van der Waals surface area contributed by atoms with Crippen LogP contribution in [0.2, 0.25) is 0 Å². The molecule has 1 atom stereocenters. The van der Waals surface area contributed by atoms with Crippen LogP contribution in [-0.4, -0.2) is 40.4 Å². The standard InChI is InChI=1S/C22H25N3O6/c1-12-18(21(26)24-14-6-8-15(28-2)9-7-14)19(25-22(27)23-12)13-10-16(29-3)20(31-5)17(11-13)30-4/h6-11,19H,1-5H3,(H,24,26)(H2,23,25,27)/t19-/m0/s1. The molecule has 1 aliphatic rings. The zero-order valence-electron chi connectivity index (χ0n) is 18.0. The predicted octanol–water partition coefficient (Wildman–Crippen LogP) is 2.99. The summed E-state index contributed by atoms with van der Waals surface area (Å²) in [6.07, 6.45) is 0. The number of urea groups is 1. The zero-order valence-corrected chi connectivity index (χ0v) is 18.0. The van der Waals surface area contributed by atoms with E-state index in [9.17, 15) is 9.59 Å². The molecule has 9 nitrogen and oxygen atoms in total. The summed E-state index contributed by atoms with van der Waals surface area (Å²) in [6.45, 7) is 1.67. The highest BCUT2D eigenvalue weighted by Gasteiger charge is 2.32. The van der Waals surface area contributed by atoms with Crippen molar-refractivity contribution in [3.63, 3.8) is 0 Å². The molecule has 1 aliphatic heterocycles. The maximum absolute atomic E-state index is 13.2. The van der Waals surface area contributed by atoms with Crippen molar-refractivity contribution < 1.29 is 28.5 Å². The Labute approximate surface area is 180 Å². The Bertz CT molecular complexity index is 991. The van der Waals surface area contributed by atoms with E-state index in [4.69, 9.17) is 18.9 Å². The molecule has 0 spiro atoms. The molecule has 0 saturated carbocycles. The lowest BCUT2D eigenvalue weighted by atomic mass is 9.94. The van der Waals surface area contributed by atoms with Crippen molar-refractivity contribution in [2.24, 2.45) is 0 Å². The van der Waals surface area contributed by atoms with Gasteiger partial charge in [-0.2, -0.15) is 0 Å². The number of ether oxygens (including phenoxy) is 4. The third-order valence-corrected chi connectivity index (χ3v) is 4.88. The van der Waals surface area contributed by atoms with Gasteiger partial charge in [-0.1, -0.05) is 0 Å². The normalized spacial score (nSPS) is 15.5. The van der Waals surface area contributed by atoms with Crippen molar-refractivity contribution in [1.82, 2.24) is 10.6 Å². The number of rotatable bonds is 7. The molecular formula is C22H25N3O6. The van der Waals surface area contributed by atoms with Gasteiger partial charge in [0, 0.05) is 11.4 Å². The second-order valence-corrected chi connectivity index (χ2v) is 6.71. The van der Waals surface area contributed by atoms with E-state index in [2.05, 4.69) is 16.0 Å². The van der Waals surface area contributed by atoms with Crippen molar-refractivity contribution in [3.8, 4) is 23.0 Å². The first-order valence-electron chi connectivity index (χ1n) is 9.45. The summed E-state index contributed by atoms with van der Waals surface area (Å²) >= 11 is 0. The van der Waals surface area contributed by atoms with Crippen molar-refractivity contribution in [2.75, 3.05) is 33.8 Å². The summed E-state index contributed by atoms with van der Waals surface area (Å²) < 4.78 is 21.3. The smallest absolute Gasteiger partial charge is 0.319 e. The summed E-state index contributed by atoms with van der Waals surface area (Å²) in [6, 6.07) is 9.20. The van der Waals surface area contributed by atoms with Crippen LogP contribution in [0.25, 0.3) is 0 Å². The van der Waals surface area contributed by atoms with Gasteiger partial charge in [-0.05, 0) is 48.9 Å². The van der Waals surface area contributed by atoms with E-state index in [0.29, 0.717) is 45.5 Å². The topological polar surface area (TPSA) is 107 Å². The highest BCUT2D eigenvalue weighted by atomic mass is 16.5. The summed E-state index contributed by atoms with van der Waals surface area (Å²) in [5, 5.41) is 8.31. The number of benzene rings is 2. The van der Waals surface area contributed by atoms with Gasteiger partial charge in [-0.15, -0.1) is 0 Å². The summed E-state index contributed by atoms with van der Waals surface area (Å²) in [4.78, 5) is 25.4. The van der Waals surface area contributed by atoms with Gasteiger partial charge in [-0.3, -0.25) is 4.79 Å². The van der Waals surface area contributed by atoms with E-state index in [1.54, 1.807) is 50.4 Å². The molecule has 3 N–H and O–H groups in total. The van der Waals surface area contributed by atoms with Crippen LogP contribution in [0.4, 0.5) is 10.5 Å². The monoisotopic (exact) mass is 427 g/mol. The summed E-state index contributed by atoms with van der Waals surface area (Å²) in [7, 11) is 6.07. The highest BCUT2D eigenvalue weighted by molar-refractivity contribution is 6.06. The van der Waals surface area contributed by atoms with Crippen LogP contribution in [0.15, 0.2) is 47.7 Å². The Morgan fingerprint density at radius 3 is 2.06 bits per heavy atom. The summed E-state index contributed by atoms with van der Waals surface area (Å²) in [5.74, 6) is 1.55. The van der Waals surface area contributed by atoms with Crippen LogP contribution in [0.5, 0.6) is 23.0 Å². The second-order valence-electron chi connectivity index (χ2n) is 6.71. The maximum atomic E-state index is 13.2. The van der Waals surface area contributed by atoms with Crippen LogP contribution >= 0.6 is 0 Å². The number of allylic oxidation sites excluding steroid dienone is 1. The minimum atomic E-state index is -0.735. The third kappa shape index (κ3) is 4.50. The molecule has 0 unspecified atom stereocenters. The number of carbonyl (C=O) groups is 2. The number of amides is 3. The number of carbonyl (C=O) groups excluding carboxylic acids is 2. The molecule has 164 valence electrons. The van der Waals surface area contributed by atoms with Crippen molar-refractivity contribution in [2.45, 2.75) is 13.0 Å². The average Bonchev–Trinajstić information content (AvgIpc) is 2.77. The molecule has 9 heteroatoms. The van der Waals surface area contributed by atoms with E-state index in [0.717, 1.165) is 0 Å². The van der Waals surface area contributed by atoms with E-state index in [1.807, 2.05) is 0 Å². The summed E-state index contributed by atoms with van der Waals surface area (Å²) in [5.41, 5.74) is 1.98. The van der Waals surface area contributed by atoms with Crippen LogP contribution in [0, 0.1) is 0 Å². The average molecular weight is 427 g/mol. The largest absolute Gasteiger partial charge is 0.497 e. The Hall–Kier alpha value is -3.88. The van der Waals surface area contributed by atoms with Crippen molar-refractivity contribution >= 4 is 17.6 Å². The number of hydrogen-bond acceptors (Lipinski definition) is 6. The molecule has 0 bridgehead atoms. The SMILES string of the molecule is COc1ccc(NC(=O)C2=C(C)NC(=O)N[C@H]2c2cc(OC)c(OC)c(OC)c2)cc1. The fourth-order valence-corrected chi connectivity index (χ4v) is 3.39. The van der Waals surface area contributed by atoms with E-state index >= 15 is 0 Å². The van der Waals surface area contributed by atoms with Gasteiger partial charge in [0.2, 0.25) is 5.75 Å². The molecule has 0 fully saturated rings. The fraction of sp³-hybridized carbons (Fsp3) is 0.273. The van der Waals surface area contributed by atoms with Crippen LogP contribution in [-0.2, 0) is 4.79 Å².